The average Bonchev–Trinajstić information content (AvgIpc) is 2.49. The van der Waals surface area contributed by atoms with E-state index in [-0.39, 0.29) is 5.97 Å². The van der Waals surface area contributed by atoms with Gasteiger partial charge in [-0.2, -0.15) is 0 Å². The molecule has 0 unspecified atom stereocenters. The Balaban J connectivity index is 1.85. The highest BCUT2D eigenvalue weighted by molar-refractivity contribution is 6.30. The van der Waals surface area contributed by atoms with Crippen molar-refractivity contribution in [3.8, 4) is 0 Å². The van der Waals surface area contributed by atoms with Gasteiger partial charge in [0.1, 0.15) is 5.82 Å². The predicted octanol–water partition coefficient (Wildman–Crippen LogP) is 3.18. The number of nitrogens with zero attached hydrogens (tertiary/aromatic N) is 1. The molecule has 0 atom stereocenters. The lowest BCUT2D eigenvalue weighted by atomic mass is 10.1. The first-order valence-electron chi connectivity index (χ1n) is 6.22. The number of pyridine rings is 1. The molecule has 20 heavy (non-hydrogen) atoms. The number of halogens is 1. The highest BCUT2D eigenvalue weighted by atomic mass is 35.5. The van der Waals surface area contributed by atoms with Crippen molar-refractivity contribution in [1.29, 1.82) is 0 Å². The first kappa shape index (κ1) is 14.3. The summed E-state index contributed by atoms with van der Waals surface area (Å²) in [4.78, 5) is 15.4. The largest absolute Gasteiger partial charge is 0.465 e. The smallest absolute Gasteiger partial charge is 0.339 e. The van der Waals surface area contributed by atoms with Gasteiger partial charge in [0.2, 0.25) is 0 Å². The Morgan fingerprint density at radius 1 is 1.25 bits per heavy atom. The van der Waals surface area contributed by atoms with E-state index >= 15 is 0 Å². The van der Waals surface area contributed by atoms with Gasteiger partial charge in [-0.3, -0.25) is 0 Å². The maximum absolute atomic E-state index is 11.3. The van der Waals surface area contributed by atoms with Crippen LogP contribution < -0.4 is 5.32 Å². The zero-order valence-corrected chi connectivity index (χ0v) is 11.9. The number of methoxy groups -OCH3 is 1. The molecule has 4 nitrogen and oxygen atoms in total. The second-order valence-electron chi connectivity index (χ2n) is 4.23. The first-order chi connectivity index (χ1) is 9.69. The van der Waals surface area contributed by atoms with E-state index < -0.39 is 0 Å². The molecular weight excluding hydrogens is 276 g/mol. The van der Waals surface area contributed by atoms with Gasteiger partial charge in [-0.15, -0.1) is 0 Å². The summed E-state index contributed by atoms with van der Waals surface area (Å²) in [7, 11) is 1.35. The molecular formula is C15H15ClN2O2. The van der Waals surface area contributed by atoms with Gasteiger partial charge < -0.3 is 10.1 Å². The first-order valence-corrected chi connectivity index (χ1v) is 6.59. The Morgan fingerprint density at radius 2 is 2.00 bits per heavy atom. The average molecular weight is 291 g/mol. The number of carbonyl (C=O) groups is 1. The number of nitrogens with one attached hydrogen (secondary N) is 1. The molecule has 2 aromatic rings. The number of aromatic nitrogens is 1. The maximum Gasteiger partial charge on any atom is 0.339 e. The van der Waals surface area contributed by atoms with E-state index in [0.717, 1.165) is 23.8 Å². The monoisotopic (exact) mass is 290 g/mol. The minimum Gasteiger partial charge on any atom is -0.465 e. The van der Waals surface area contributed by atoms with Gasteiger partial charge in [0, 0.05) is 17.8 Å². The summed E-state index contributed by atoms with van der Waals surface area (Å²) < 4.78 is 4.61. The Morgan fingerprint density at radius 3 is 2.60 bits per heavy atom. The summed E-state index contributed by atoms with van der Waals surface area (Å²) in [6.07, 6.45) is 2.37. The molecule has 2 rings (SSSR count). The molecule has 0 aliphatic heterocycles. The van der Waals surface area contributed by atoms with E-state index in [1.165, 1.54) is 18.9 Å². The number of hydrogen-bond acceptors (Lipinski definition) is 4. The highest BCUT2D eigenvalue weighted by Gasteiger charge is 2.04. The Bertz CT molecular complexity index is 567. The van der Waals surface area contributed by atoms with E-state index in [0.29, 0.717) is 5.56 Å². The zero-order chi connectivity index (χ0) is 14.4. The molecule has 1 aromatic heterocycles. The SMILES string of the molecule is COC(=O)c1ccc(NCCc2ccc(Cl)cc2)nc1. The fraction of sp³-hybridized carbons (Fsp3) is 0.200. The number of anilines is 1. The molecule has 0 radical (unpaired) electrons. The van der Waals surface area contributed by atoms with Gasteiger partial charge in [-0.25, -0.2) is 9.78 Å². The van der Waals surface area contributed by atoms with E-state index in [9.17, 15) is 4.79 Å². The Labute approximate surface area is 122 Å². The molecule has 0 bridgehead atoms. The van der Waals surface area contributed by atoms with Crippen molar-refractivity contribution in [2.24, 2.45) is 0 Å². The molecule has 0 spiro atoms. The summed E-state index contributed by atoms with van der Waals surface area (Å²) in [5.74, 6) is 0.344. The van der Waals surface area contributed by atoms with E-state index in [2.05, 4.69) is 15.0 Å². The third-order valence-electron chi connectivity index (χ3n) is 2.82. The van der Waals surface area contributed by atoms with Crippen LogP contribution in [0.15, 0.2) is 42.6 Å². The zero-order valence-electron chi connectivity index (χ0n) is 11.1. The summed E-state index contributed by atoms with van der Waals surface area (Å²) in [6.45, 7) is 0.756. The van der Waals surface area contributed by atoms with E-state index in [4.69, 9.17) is 11.6 Å². The topological polar surface area (TPSA) is 51.2 Å². The standard InChI is InChI=1S/C15H15ClN2O2/c1-20-15(19)12-4-7-14(18-10-12)17-9-8-11-2-5-13(16)6-3-11/h2-7,10H,8-9H2,1H3,(H,17,18). The van der Waals surface area contributed by atoms with Gasteiger partial charge in [-0.1, -0.05) is 23.7 Å². The quantitative estimate of drug-likeness (QED) is 0.859. The number of esters is 1. The summed E-state index contributed by atoms with van der Waals surface area (Å²) in [5.41, 5.74) is 1.64. The van der Waals surface area contributed by atoms with Gasteiger partial charge in [0.05, 0.1) is 12.7 Å². The van der Waals surface area contributed by atoms with Crippen LogP contribution in [-0.4, -0.2) is 24.6 Å². The normalized spacial score (nSPS) is 10.1. The Kier molecular flexibility index (Phi) is 4.96. The lowest BCUT2D eigenvalue weighted by Crippen LogP contribution is -2.07. The van der Waals surface area contributed by atoms with Crippen molar-refractivity contribution in [1.82, 2.24) is 4.98 Å². The third kappa shape index (κ3) is 3.96. The summed E-state index contributed by atoms with van der Waals surface area (Å²) >= 11 is 5.83. The van der Waals surface area contributed by atoms with Crippen LogP contribution in [0.25, 0.3) is 0 Å². The summed E-state index contributed by atoms with van der Waals surface area (Å²) in [5, 5.41) is 3.93. The number of benzene rings is 1. The van der Waals surface area contributed by atoms with E-state index in [1.54, 1.807) is 12.1 Å². The second kappa shape index (κ2) is 6.91. The molecule has 0 amide bonds. The van der Waals surface area contributed by atoms with Crippen LogP contribution in [0, 0.1) is 0 Å². The molecule has 1 N–H and O–H groups in total. The molecule has 0 aliphatic rings. The molecule has 0 aliphatic carbocycles. The van der Waals surface area contributed by atoms with Crippen LogP contribution >= 0.6 is 11.6 Å². The summed E-state index contributed by atoms with van der Waals surface area (Å²) in [6, 6.07) is 11.2. The molecule has 5 heteroatoms. The van der Waals surface area contributed by atoms with Gasteiger partial charge >= 0.3 is 5.97 Å². The maximum atomic E-state index is 11.3. The van der Waals surface area contributed by atoms with Crippen LogP contribution in [0.2, 0.25) is 5.02 Å². The second-order valence-corrected chi connectivity index (χ2v) is 4.66. The minimum atomic E-state index is -0.384. The fourth-order valence-electron chi connectivity index (χ4n) is 1.72. The van der Waals surface area contributed by atoms with Crippen LogP contribution in [-0.2, 0) is 11.2 Å². The third-order valence-corrected chi connectivity index (χ3v) is 3.07. The van der Waals surface area contributed by atoms with Crippen LogP contribution in [0.3, 0.4) is 0 Å². The molecule has 104 valence electrons. The number of rotatable bonds is 5. The van der Waals surface area contributed by atoms with E-state index in [1.807, 2.05) is 24.3 Å². The minimum absolute atomic E-state index is 0.384. The van der Waals surface area contributed by atoms with Crippen molar-refractivity contribution >= 4 is 23.4 Å². The van der Waals surface area contributed by atoms with Crippen molar-refractivity contribution < 1.29 is 9.53 Å². The fourth-order valence-corrected chi connectivity index (χ4v) is 1.85. The molecule has 1 heterocycles. The number of hydrogen-bond donors (Lipinski definition) is 1. The van der Waals surface area contributed by atoms with Gasteiger partial charge in [0.15, 0.2) is 0 Å². The van der Waals surface area contributed by atoms with Crippen LogP contribution in [0.4, 0.5) is 5.82 Å². The highest BCUT2D eigenvalue weighted by Crippen LogP contribution is 2.10. The van der Waals surface area contributed by atoms with Gasteiger partial charge in [-0.05, 0) is 36.2 Å². The number of carbonyl (C=O) groups excluding carboxylic acids is 1. The molecule has 0 saturated carbocycles. The molecule has 1 aromatic carbocycles. The van der Waals surface area contributed by atoms with Crippen molar-refractivity contribution in [2.45, 2.75) is 6.42 Å². The van der Waals surface area contributed by atoms with Crippen molar-refractivity contribution in [2.75, 3.05) is 19.0 Å². The van der Waals surface area contributed by atoms with Crippen molar-refractivity contribution in [3.63, 3.8) is 0 Å². The lowest BCUT2D eigenvalue weighted by molar-refractivity contribution is 0.0600. The Hall–Kier alpha value is -2.07. The molecule has 0 fully saturated rings. The number of ether oxygens (including phenoxy) is 1. The predicted molar refractivity (Wildman–Crippen MR) is 79.2 cm³/mol. The molecule has 0 saturated heterocycles. The van der Waals surface area contributed by atoms with Crippen molar-refractivity contribution in [3.05, 3.63) is 58.7 Å². The van der Waals surface area contributed by atoms with Crippen LogP contribution in [0.1, 0.15) is 15.9 Å². The van der Waals surface area contributed by atoms with Gasteiger partial charge in [0.25, 0.3) is 0 Å². The lowest BCUT2D eigenvalue weighted by Gasteiger charge is -2.06. The van der Waals surface area contributed by atoms with Crippen LogP contribution in [0.5, 0.6) is 0 Å².